The maximum absolute atomic E-state index is 8.67. The van der Waals surface area contributed by atoms with Gasteiger partial charge in [-0.25, -0.2) is 0 Å². The van der Waals surface area contributed by atoms with Gasteiger partial charge in [0.05, 0.1) is 13.2 Å². The molecule has 0 atom stereocenters. The summed E-state index contributed by atoms with van der Waals surface area (Å²) in [6, 6.07) is 0. The standard InChI is InChI=1S/C4H11O3P.Li.H/c1-3-6-8(5)7-4-2;;/h5H,3-4H2,1-2H3;;/q;+1;-1. The third-order valence-electron chi connectivity index (χ3n) is 0.479. The van der Waals surface area contributed by atoms with Crippen molar-refractivity contribution in [2.45, 2.75) is 13.8 Å². The molecule has 52 valence electrons. The molecule has 0 bridgehead atoms. The van der Waals surface area contributed by atoms with Gasteiger partial charge in [-0.1, -0.05) is 0 Å². The van der Waals surface area contributed by atoms with Gasteiger partial charge in [0.1, 0.15) is 0 Å². The first-order chi connectivity index (χ1) is 3.81. The molecule has 0 aromatic carbocycles. The zero-order valence-electron chi connectivity index (χ0n) is 7.13. The Labute approximate surface area is 70.4 Å². The molecule has 0 aromatic heterocycles. The predicted molar refractivity (Wildman–Crippen MR) is 33.5 cm³/mol. The summed E-state index contributed by atoms with van der Waals surface area (Å²) in [5.74, 6) is 0. The molecular formula is C4H12LiO3P. The fraction of sp³-hybridized carbons (Fsp3) is 1.00. The van der Waals surface area contributed by atoms with Crippen molar-refractivity contribution in [2.24, 2.45) is 0 Å². The van der Waals surface area contributed by atoms with Crippen molar-refractivity contribution in [2.75, 3.05) is 13.2 Å². The molecule has 3 nitrogen and oxygen atoms in total. The molecule has 0 aliphatic rings. The molecule has 0 rings (SSSR count). The molecule has 0 radical (unpaired) electrons. The second-order valence-electron chi connectivity index (χ2n) is 1.07. The van der Waals surface area contributed by atoms with Gasteiger partial charge in [0.2, 0.25) is 0 Å². The van der Waals surface area contributed by atoms with Crippen LogP contribution in [0, 0.1) is 0 Å². The fourth-order valence-corrected chi connectivity index (χ4v) is 0.774. The first kappa shape index (κ1) is 12.6. The Bertz CT molecular complexity index is 53.8. The van der Waals surface area contributed by atoms with Crippen molar-refractivity contribution < 1.29 is 34.2 Å². The summed E-state index contributed by atoms with van der Waals surface area (Å²) in [4.78, 5) is 8.67. The first-order valence-corrected chi connectivity index (χ1v) is 3.69. The molecule has 0 fully saturated rings. The smallest absolute Gasteiger partial charge is 1.00 e. The molecular weight excluding hydrogens is 134 g/mol. The van der Waals surface area contributed by atoms with E-state index < -0.39 is 8.60 Å². The van der Waals surface area contributed by atoms with E-state index in [0.29, 0.717) is 13.2 Å². The van der Waals surface area contributed by atoms with Gasteiger partial charge in [-0.15, -0.1) is 0 Å². The minimum absolute atomic E-state index is 0. The van der Waals surface area contributed by atoms with E-state index in [2.05, 4.69) is 9.05 Å². The Morgan fingerprint density at radius 1 is 1.33 bits per heavy atom. The van der Waals surface area contributed by atoms with Crippen LogP contribution < -0.4 is 18.9 Å². The van der Waals surface area contributed by atoms with E-state index in [0.717, 1.165) is 0 Å². The summed E-state index contributed by atoms with van der Waals surface area (Å²) in [7, 11) is -1.58. The second kappa shape index (κ2) is 8.91. The Hall–Kier alpha value is 0.907. The Morgan fingerprint density at radius 2 is 1.67 bits per heavy atom. The van der Waals surface area contributed by atoms with E-state index >= 15 is 0 Å². The van der Waals surface area contributed by atoms with E-state index in [9.17, 15) is 0 Å². The molecule has 0 spiro atoms. The van der Waals surface area contributed by atoms with Gasteiger partial charge in [0.25, 0.3) is 0 Å². The molecule has 0 saturated carbocycles. The average Bonchev–Trinajstić information content (AvgIpc) is 1.68. The topological polar surface area (TPSA) is 38.7 Å². The van der Waals surface area contributed by atoms with Gasteiger partial charge in [0.15, 0.2) is 0 Å². The molecule has 9 heavy (non-hydrogen) atoms. The van der Waals surface area contributed by atoms with Crippen LogP contribution in [-0.4, -0.2) is 18.1 Å². The summed E-state index contributed by atoms with van der Waals surface area (Å²) in [5.41, 5.74) is 0. The van der Waals surface area contributed by atoms with Crippen molar-refractivity contribution in [3.05, 3.63) is 0 Å². The third-order valence-corrected chi connectivity index (χ3v) is 1.44. The minimum Gasteiger partial charge on any atom is -1.00 e. The Morgan fingerprint density at radius 3 is 1.89 bits per heavy atom. The molecule has 0 aliphatic heterocycles. The van der Waals surface area contributed by atoms with Crippen molar-refractivity contribution in [3.8, 4) is 0 Å². The zero-order valence-corrected chi connectivity index (χ0v) is 7.02. The van der Waals surface area contributed by atoms with Gasteiger partial charge in [-0.3, -0.25) is 0 Å². The van der Waals surface area contributed by atoms with E-state index in [1.807, 2.05) is 13.8 Å². The molecule has 1 N–H and O–H groups in total. The van der Waals surface area contributed by atoms with Crippen LogP contribution in [-0.2, 0) is 9.05 Å². The monoisotopic (exact) mass is 146 g/mol. The second-order valence-corrected chi connectivity index (χ2v) is 2.07. The quantitative estimate of drug-likeness (QED) is 0.383. The minimum atomic E-state index is -1.58. The van der Waals surface area contributed by atoms with Crippen LogP contribution >= 0.6 is 8.60 Å². The summed E-state index contributed by atoms with van der Waals surface area (Å²) in [5, 5.41) is 0. The van der Waals surface area contributed by atoms with E-state index in [4.69, 9.17) is 4.89 Å². The van der Waals surface area contributed by atoms with Crippen LogP contribution in [0.1, 0.15) is 15.3 Å². The SMILES string of the molecule is CCOP(O)OCC.[H-].[Li+]. The summed E-state index contributed by atoms with van der Waals surface area (Å²) in [6.45, 7) is 4.62. The van der Waals surface area contributed by atoms with Gasteiger partial charge >= 0.3 is 27.5 Å². The molecule has 0 heterocycles. The number of hydrogen-bond acceptors (Lipinski definition) is 3. The van der Waals surface area contributed by atoms with Crippen LogP contribution in [0.15, 0.2) is 0 Å². The third kappa shape index (κ3) is 8.91. The molecule has 0 aromatic rings. The van der Waals surface area contributed by atoms with Gasteiger partial charge in [-0.05, 0) is 13.8 Å². The summed E-state index contributed by atoms with van der Waals surface area (Å²) < 4.78 is 9.36. The summed E-state index contributed by atoms with van der Waals surface area (Å²) >= 11 is 0. The Balaban J connectivity index is -0.000000245. The van der Waals surface area contributed by atoms with Crippen LogP contribution in [0.5, 0.6) is 0 Å². The fourth-order valence-electron chi connectivity index (χ4n) is 0.258. The Kier molecular flexibility index (Phi) is 12.4. The van der Waals surface area contributed by atoms with E-state index in [1.54, 1.807) is 0 Å². The molecule has 0 amide bonds. The van der Waals surface area contributed by atoms with Gasteiger partial charge in [-0.2, -0.15) is 0 Å². The van der Waals surface area contributed by atoms with E-state index in [1.165, 1.54) is 0 Å². The number of hydrogen-bond donors (Lipinski definition) is 1. The zero-order chi connectivity index (χ0) is 6.41. The first-order valence-electron chi connectivity index (χ1n) is 2.56. The summed E-state index contributed by atoms with van der Waals surface area (Å²) in [6.07, 6.45) is 0. The maximum Gasteiger partial charge on any atom is 1.00 e. The van der Waals surface area contributed by atoms with Crippen LogP contribution in [0.3, 0.4) is 0 Å². The molecule has 0 saturated heterocycles. The van der Waals surface area contributed by atoms with E-state index in [-0.39, 0.29) is 20.3 Å². The predicted octanol–water partition coefficient (Wildman–Crippen LogP) is -1.60. The van der Waals surface area contributed by atoms with Crippen LogP contribution in [0.2, 0.25) is 0 Å². The molecule has 0 unspecified atom stereocenters. The van der Waals surface area contributed by atoms with Gasteiger partial charge in [0, 0.05) is 0 Å². The van der Waals surface area contributed by atoms with Crippen molar-refractivity contribution >= 4 is 8.60 Å². The van der Waals surface area contributed by atoms with Crippen LogP contribution in [0.4, 0.5) is 0 Å². The average molecular weight is 146 g/mol. The van der Waals surface area contributed by atoms with Crippen molar-refractivity contribution in [3.63, 3.8) is 0 Å². The maximum atomic E-state index is 8.67. The van der Waals surface area contributed by atoms with Crippen LogP contribution in [0.25, 0.3) is 0 Å². The molecule has 5 heteroatoms. The largest absolute Gasteiger partial charge is 1.00 e. The molecule has 0 aliphatic carbocycles. The van der Waals surface area contributed by atoms with Gasteiger partial charge < -0.3 is 15.4 Å². The number of rotatable bonds is 4. The normalized spacial score (nSPS) is 9.33. The van der Waals surface area contributed by atoms with Crippen molar-refractivity contribution in [1.29, 1.82) is 0 Å². The van der Waals surface area contributed by atoms with Crippen molar-refractivity contribution in [1.82, 2.24) is 0 Å².